The molecule has 0 radical (unpaired) electrons. The summed E-state index contributed by atoms with van der Waals surface area (Å²) in [6.07, 6.45) is 4.92. The van der Waals surface area contributed by atoms with Crippen LogP contribution in [0.4, 0.5) is 5.82 Å². The van der Waals surface area contributed by atoms with E-state index in [0.717, 1.165) is 24.5 Å². The van der Waals surface area contributed by atoms with Gasteiger partial charge in [0.1, 0.15) is 5.82 Å². The van der Waals surface area contributed by atoms with E-state index in [0.29, 0.717) is 6.42 Å². The van der Waals surface area contributed by atoms with Gasteiger partial charge in [0.05, 0.1) is 0 Å². The van der Waals surface area contributed by atoms with E-state index in [4.69, 9.17) is 5.11 Å². The zero-order chi connectivity index (χ0) is 11.4. The van der Waals surface area contributed by atoms with Crippen molar-refractivity contribution in [3.63, 3.8) is 0 Å². The third-order valence-electron chi connectivity index (χ3n) is 2.88. The van der Waals surface area contributed by atoms with Gasteiger partial charge in [0.25, 0.3) is 0 Å². The number of carboxylic acids is 1. The fourth-order valence-corrected chi connectivity index (χ4v) is 2.08. The van der Waals surface area contributed by atoms with Gasteiger partial charge < -0.3 is 10.0 Å². The maximum atomic E-state index is 10.6. The predicted molar refractivity (Wildman–Crippen MR) is 61.6 cm³/mol. The van der Waals surface area contributed by atoms with E-state index in [9.17, 15) is 4.79 Å². The normalized spacial score (nSPS) is 15.4. The van der Waals surface area contributed by atoms with E-state index in [1.54, 1.807) is 6.20 Å². The Labute approximate surface area is 94.9 Å². The molecule has 1 fully saturated rings. The van der Waals surface area contributed by atoms with Crippen molar-refractivity contribution in [3.8, 4) is 0 Å². The molecule has 4 nitrogen and oxygen atoms in total. The van der Waals surface area contributed by atoms with Gasteiger partial charge in [-0.1, -0.05) is 6.07 Å². The molecule has 1 aliphatic rings. The van der Waals surface area contributed by atoms with Crippen LogP contribution in [-0.4, -0.2) is 29.1 Å². The second kappa shape index (κ2) is 4.96. The first-order chi connectivity index (χ1) is 7.77. The highest BCUT2D eigenvalue weighted by atomic mass is 16.4. The average Bonchev–Trinajstić information content (AvgIpc) is 2.80. The van der Waals surface area contributed by atoms with Crippen molar-refractivity contribution < 1.29 is 9.90 Å². The minimum Gasteiger partial charge on any atom is -0.481 e. The summed E-state index contributed by atoms with van der Waals surface area (Å²) in [6.45, 7) is 2.08. The van der Waals surface area contributed by atoms with Gasteiger partial charge in [-0.05, 0) is 30.9 Å². The first kappa shape index (κ1) is 10.9. The molecular formula is C12H16N2O2. The highest BCUT2D eigenvalue weighted by molar-refractivity contribution is 5.67. The Morgan fingerprint density at radius 3 is 2.88 bits per heavy atom. The largest absolute Gasteiger partial charge is 0.481 e. The van der Waals surface area contributed by atoms with E-state index < -0.39 is 5.97 Å². The zero-order valence-corrected chi connectivity index (χ0v) is 9.22. The van der Waals surface area contributed by atoms with Crippen LogP contribution in [0.3, 0.4) is 0 Å². The molecule has 1 N–H and O–H groups in total. The van der Waals surface area contributed by atoms with Gasteiger partial charge in [0, 0.05) is 25.7 Å². The molecule has 86 valence electrons. The maximum absolute atomic E-state index is 10.6. The SMILES string of the molecule is O=C(O)CCc1cccnc1N1CCCC1. The number of pyridine rings is 1. The Bertz CT molecular complexity index is 373. The van der Waals surface area contributed by atoms with Crippen LogP contribution in [0, 0.1) is 0 Å². The summed E-state index contributed by atoms with van der Waals surface area (Å²) < 4.78 is 0. The molecule has 0 aliphatic carbocycles. The summed E-state index contributed by atoms with van der Waals surface area (Å²) in [6, 6.07) is 3.85. The Kier molecular flexibility index (Phi) is 3.39. The number of aromatic nitrogens is 1. The second-order valence-electron chi connectivity index (χ2n) is 4.07. The Morgan fingerprint density at radius 2 is 2.19 bits per heavy atom. The third-order valence-corrected chi connectivity index (χ3v) is 2.88. The van der Waals surface area contributed by atoms with Crippen molar-refractivity contribution in [1.29, 1.82) is 0 Å². The van der Waals surface area contributed by atoms with Crippen LogP contribution in [0.5, 0.6) is 0 Å². The number of hydrogen-bond donors (Lipinski definition) is 1. The molecule has 1 aliphatic heterocycles. The second-order valence-corrected chi connectivity index (χ2v) is 4.07. The summed E-state index contributed by atoms with van der Waals surface area (Å²) in [4.78, 5) is 17.2. The van der Waals surface area contributed by atoms with Gasteiger partial charge in [-0.25, -0.2) is 4.98 Å². The molecule has 1 aromatic rings. The molecular weight excluding hydrogens is 204 g/mol. The average molecular weight is 220 g/mol. The van der Waals surface area contributed by atoms with Crippen LogP contribution in [0.1, 0.15) is 24.8 Å². The quantitative estimate of drug-likeness (QED) is 0.839. The van der Waals surface area contributed by atoms with Crippen LogP contribution in [0.15, 0.2) is 18.3 Å². The Hall–Kier alpha value is -1.58. The number of nitrogens with zero attached hydrogens (tertiary/aromatic N) is 2. The number of aryl methyl sites for hydroxylation is 1. The Morgan fingerprint density at radius 1 is 1.44 bits per heavy atom. The molecule has 4 heteroatoms. The first-order valence-electron chi connectivity index (χ1n) is 5.68. The molecule has 0 aromatic carbocycles. The van der Waals surface area contributed by atoms with Gasteiger partial charge in [-0.2, -0.15) is 0 Å². The van der Waals surface area contributed by atoms with E-state index in [1.165, 1.54) is 12.8 Å². The molecule has 16 heavy (non-hydrogen) atoms. The minimum atomic E-state index is -0.753. The zero-order valence-electron chi connectivity index (χ0n) is 9.22. The molecule has 0 amide bonds. The molecule has 0 saturated carbocycles. The summed E-state index contributed by atoms with van der Waals surface area (Å²) in [7, 11) is 0. The van der Waals surface area contributed by atoms with Gasteiger partial charge in [-0.3, -0.25) is 4.79 Å². The van der Waals surface area contributed by atoms with E-state index in [2.05, 4.69) is 9.88 Å². The smallest absolute Gasteiger partial charge is 0.303 e. The summed E-state index contributed by atoms with van der Waals surface area (Å²) in [5.74, 6) is 0.220. The maximum Gasteiger partial charge on any atom is 0.303 e. The number of rotatable bonds is 4. The topological polar surface area (TPSA) is 53.4 Å². The number of aliphatic carboxylic acids is 1. The number of hydrogen-bond acceptors (Lipinski definition) is 3. The minimum absolute atomic E-state index is 0.173. The fraction of sp³-hybridized carbons (Fsp3) is 0.500. The number of carbonyl (C=O) groups is 1. The monoisotopic (exact) mass is 220 g/mol. The van der Waals surface area contributed by atoms with Gasteiger partial charge >= 0.3 is 5.97 Å². The van der Waals surface area contributed by atoms with Crippen molar-refractivity contribution in [2.75, 3.05) is 18.0 Å². The number of anilines is 1. The van der Waals surface area contributed by atoms with Crippen molar-refractivity contribution >= 4 is 11.8 Å². The third kappa shape index (κ3) is 2.51. The van der Waals surface area contributed by atoms with Crippen LogP contribution in [-0.2, 0) is 11.2 Å². The first-order valence-corrected chi connectivity index (χ1v) is 5.68. The van der Waals surface area contributed by atoms with Gasteiger partial charge in [0.15, 0.2) is 0 Å². The predicted octanol–water partition coefficient (Wildman–Crippen LogP) is 1.70. The van der Waals surface area contributed by atoms with Crippen LogP contribution in [0.25, 0.3) is 0 Å². The van der Waals surface area contributed by atoms with Crippen molar-refractivity contribution in [2.45, 2.75) is 25.7 Å². The molecule has 1 saturated heterocycles. The van der Waals surface area contributed by atoms with Crippen LogP contribution in [0.2, 0.25) is 0 Å². The standard InChI is InChI=1S/C12H16N2O2/c15-11(16)6-5-10-4-3-7-13-12(10)14-8-1-2-9-14/h3-4,7H,1-2,5-6,8-9H2,(H,15,16). The number of carboxylic acid groups (broad SMARTS) is 1. The summed E-state index contributed by atoms with van der Waals surface area (Å²) in [5.41, 5.74) is 1.05. The molecule has 2 rings (SSSR count). The van der Waals surface area contributed by atoms with Crippen LogP contribution >= 0.6 is 0 Å². The molecule has 0 bridgehead atoms. The van der Waals surface area contributed by atoms with E-state index in [-0.39, 0.29) is 6.42 Å². The van der Waals surface area contributed by atoms with Crippen molar-refractivity contribution in [3.05, 3.63) is 23.9 Å². The van der Waals surface area contributed by atoms with Crippen molar-refractivity contribution in [2.24, 2.45) is 0 Å². The molecule has 0 unspecified atom stereocenters. The molecule has 1 aromatic heterocycles. The molecule has 0 atom stereocenters. The van der Waals surface area contributed by atoms with Crippen molar-refractivity contribution in [1.82, 2.24) is 4.98 Å². The van der Waals surface area contributed by atoms with Gasteiger partial charge in [0.2, 0.25) is 0 Å². The summed E-state index contributed by atoms with van der Waals surface area (Å²) in [5, 5.41) is 8.70. The lowest BCUT2D eigenvalue weighted by atomic mass is 10.1. The summed E-state index contributed by atoms with van der Waals surface area (Å²) >= 11 is 0. The Balaban J connectivity index is 2.13. The lowest BCUT2D eigenvalue weighted by molar-refractivity contribution is -0.136. The van der Waals surface area contributed by atoms with Crippen LogP contribution < -0.4 is 4.90 Å². The van der Waals surface area contributed by atoms with E-state index in [1.807, 2.05) is 12.1 Å². The van der Waals surface area contributed by atoms with E-state index >= 15 is 0 Å². The van der Waals surface area contributed by atoms with Gasteiger partial charge in [-0.15, -0.1) is 0 Å². The highest BCUT2D eigenvalue weighted by Gasteiger charge is 2.16. The molecule has 0 spiro atoms. The molecule has 2 heterocycles. The highest BCUT2D eigenvalue weighted by Crippen LogP contribution is 2.22. The lowest BCUT2D eigenvalue weighted by Gasteiger charge is -2.19. The fourth-order valence-electron chi connectivity index (χ4n) is 2.08. The lowest BCUT2D eigenvalue weighted by Crippen LogP contribution is -2.20.